The number of halogens is 1. The largest absolute Gasteiger partial charge is 0.206 e. The number of fused-ring (bicyclic) bond motifs is 2. The maximum absolute atomic E-state index is 14.2. The average molecular weight is 248 g/mol. The minimum absolute atomic E-state index is 0.159. The van der Waals surface area contributed by atoms with Crippen molar-refractivity contribution >= 4 is 0 Å². The molecule has 0 atom stereocenters. The molecular weight excluding hydrogens is 223 g/mol. The van der Waals surface area contributed by atoms with Gasteiger partial charge in [-0.3, -0.25) is 0 Å². The Balaban J connectivity index is 0.000000367. The van der Waals surface area contributed by atoms with Gasteiger partial charge in [-0.15, -0.1) is 0 Å². The van der Waals surface area contributed by atoms with E-state index in [1.54, 1.807) is 0 Å². The molecule has 0 bridgehead atoms. The lowest BCUT2D eigenvalue weighted by molar-refractivity contribution is 0.597. The van der Waals surface area contributed by atoms with Crippen LogP contribution in [0.4, 0.5) is 4.39 Å². The van der Waals surface area contributed by atoms with Crippen molar-refractivity contribution < 1.29 is 4.39 Å². The summed E-state index contributed by atoms with van der Waals surface area (Å²) >= 11 is 0. The second-order valence-corrected chi connectivity index (χ2v) is 5.47. The lowest BCUT2D eigenvalue weighted by Crippen LogP contribution is -2.03. The van der Waals surface area contributed by atoms with Gasteiger partial charge >= 0.3 is 0 Å². The van der Waals surface area contributed by atoms with Crippen molar-refractivity contribution in [2.45, 2.75) is 72.1 Å². The van der Waals surface area contributed by atoms with E-state index in [1.807, 2.05) is 0 Å². The molecule has 100 valence electrons. The standard InChI is InChI=1S/C14H17F.C3H8/c1-2-9-10-5-3-7-12(10)14(15)13-8-4-6-11(9)13;1-3-2/h2-8H2,1H3;3H2,1-2H3. The van der Waals surface area contributed by atoms with Gasteiger partial charge in [0, 0.05) is 0 Å². The number of benzene rings is 1. The molecule has 3 rings (SSSR count). The molecule has 1 aromatic carbocycles. The number of hydrogen-bond acceptors (Lipinski definition) is 0. The van der Waals surface area contributed by atoms with Crippen molar-refractivity contribution in [3.8, 4) is 0 Å². The Bertz CT molecular complexity index is 397. The van der Waals surface area contributed by atoms with Crippen LogP contribution in [-0.4, -0.2) is 0 Å². The summed E-state index contributed by atoms with van der Waals surface area (Å²) in [5.41, 5.74) is 6.36. The van der Waals surface area contributed by atoms with E-state index in [1.165, 1.54) is 23.1 Å². The van der Waals surface area contributed by atoms with Gasteiger partial charge in [0.05, 0.1) is 0 Å². The van der Waals surface area contributed by atoms with Crippen LogP contribution in [0.5, 0.6) is 0 Å². The predicted molar refractivity (Wildman–Crippen MR) is 75.8 cm³/mol. The predicted octanol–water partition coefficient (Wildman–Crippen LogP) is 4.78. The maximum atomic E-state index is 14.2. The summed E-state index contributed by atoms with van der Waals surface area (Å²) < 4.78 is 14.2. The Morgan fingerprint density at radius 3 is 1.56 bits per heavy atom. The fourth-order valence-corrected chi connectivity index (χ4v) is 3.43. The fraction of sp³-hybridized carbons (Fsp3) is 0.647. The second-order valence-electron chi connectivity index (χ2n) is 5.47. The van der Waals surface area contributed by atoms with Crippen molar-refractivity contribution in [3.63, 3.8) is 0 Å². The molecule has 1 heteroatoms. The molecular formula is C17H25F. The summed E-state index contributed by atoms with van der Waals surface area (Å²) in [6.07, 6.45) is 8.82. The van der Waals surface area contributed by atoms with Crippen LogP contribution in [-0.2, 0) is 32.1 Å². The van der Waals surface area contributed by atoms with E-state index >= 15 is 0 Å². The van der Waals surface area contributed by atoms with E-state index in [9.17, 15) is 4.39 Å². The molecule has 0 aromatic heterocycles. The molecule has 0 radical (unpaired) electrons. The number of hydrogen-bond donors (Lipinski definition) is 0. The highest BCUT2D eigenvalue weighted by atomic mass is 19.1. The zero-order chi connectivity index (χ0) is 13.1. The summed E-state index contributed by atoms with van der Waals surface area (Å²) in [5, 5.41) is 0. The van der Waals surface area contributed by atoms with Gasteiger partial charge in [0.1, 0.15) is 5.82 Å². The van der Waals surface area contributed by atoms with Gasteiger partial charge in [-0.1, -0.05) is 27.2 Å². The third-order valence-electron chi connectivity index (χ3n) is 4.05. The minimum atomic E-state index is 0.159. The van der Waals surface area contributed by atoms with Crippen LogP contribution >= 0.6 is 0 Å². The molecule has 0 aliphatic heterocycles. The van der Waals surface area contributed by atoms with Crippen LogP contribution < -0.4 is 0 Å². The quantitative estimate of drug-likeness (QED) is 0.671. The molecule has 0 N–H and O–H groups in total. The molecule has 0 saturated heterocycles. The zero-order valence-electron chi connectivity index (χ0n) is 12.0. The van der Waals surface area contributed by atoms with Crippen LogP contribution in [0.15, 0.2) is 0 Å². The van der Waals surface area contributed by atoms with Crippen LogP contribution in [0, 0.1) is 5.82 Å². The Hall–Kier alpha value is -0.850. The topological polar surface area (TPSA) is 0 Å². The van der Waals surface area contributed by atoms with E-state index in [4.69, 9.17) is 0 Å². The first-order valence-electron chi connectivity index (χ1n) is 7.58. The Morgan fingerprint density at radius 2 is 1.17 bits per heavy atom. The molecule has 0 saturated carbocycles. The molecule has 1 aromatic rings. The molecule has 0 nitrogen and oxygen atoms in total. The first-order chi connectivity index (χ1) is 8.74. The van der Waals surface area contributed by atoms with Crippen LogP contribution in [0.1, 0.15) is 67.9 Å². The van der Waals surface area contributed by atoms with Crippen molar-refractivity contribution in [2.24, 2.45) is 0 Å². The van der Waals surface area contributed by atoms with E-state index in [0.717, 1.165) is 56.1 Å². The van der Waals surface area contributed by atoms with Gasteiger partial charge in [-0.2, -0.15) is 0 Å². The van der Waals surface area contributed by atoms with E-state index in [-0.39, 0.29) is 5.82 Å². The summed E-state index contributed by atoms with van der Waals surface area (Å²) in [6, 6.07) is 0. The number of rotatable bonds is 1. The van der Waals surface area contributed by atoms with E-state index in [0.29, 0.717) is 0 Å². The van der Waals surface area contributed by atoms with Gasteiger partial charge < -0.3 is 0 Å². The van der Waals surface area contributed by atoms with Crippen molar-refractivity contribution in [3.05, 3.63) is 33.6 Å². The molecule has 0 fully saturated rings. The maximum Gasteiger partial charge on any atom is 0.130 e. The summed E-state index contributed by atoms with van der Waals surface area (Å²) in [6.45, 7) is 6.46. The molecule has 0 unspecified atom stereocenters. The first kappa shape index (κ1) is 13.6. The average Bonchev–Trinajstić information content (AvgIpc) is 2.99. The molecule has 0 spiro atoms. The van der Waals surface area contributed by atoms with E-state index in [2.05, 4.69) is 20.8 Å². The van der Waals surface area contributed by atoms with Gasteiger partial charge in [0.2, 0.25) is 0 Å². The Kier molecular flexibility index (Phi) is 4.42. The van der Waals surface area contributed by atoms with E-state index < -0.39 is 0 Å². The van der Waals surface area contributed by atoms with Crippen LogP contribution in [0.25, 0.3) is 0 Å². The first-order valence-corrected chi connectivity index (χ1v) is 7.58. The van der Waals surface area contributed by atoms with Crippen LogP contribution in [0.3, 0.4) is 0 Å². The molecule has 18 heavy (non-hydrogen) atoms. The van der Waals surface area contributed by atoms with Crippen molar-refractivity contribution in [1.29, 1.82) is 0 Å². The highest BCUT2D eigenvalue weighted by molar-refractivity contribution is 5.51. The van der Waals surface area contributed by atoms with Gasteiger partial charge in [-0.05, 0) is 72.8 Å². The minimum Gasteiger partial charge on any atom is -0.206 e. The molecule has 0 heterocycles. The third-order valence-corrected chi connectivity index (χ3v) is 4.05. The lowest BCUT2D eigenvalue weighted by Gasteiger charge is -2.14. The summed E-state index contributed by atoms with van der Waals surface area (Å²) in [5.74, 6) is 0.159. The highest BCUT2D eigenvalue weighted by Gasteiger charge is 2.27. The SMILES string of the molecule is CCC.CCc1c2c(c(F)c3c1CCC3)CCC2. The van der Waals surface area contributed by atoms with Crippen molar-refractivity contribution in [1.82, 2.24) is 0 Å². The molecule has 0 amide bonds. The van der Waals surface area contributed by atoms with Gasteiger partial charge in [0.25, 0.3) is 0 Å². The monoisotopic (exact) mass is 248 g/mol. The Labute approximate surface area is 111 Å². The lowest BCUT2D eigenvalue weighted by atomic mass is 9.92. The van der Waals surface area contributed by atoms with Gasteiger partial charge in [0.15, 0.2) is 0 Å². The van der Waals surface area contributed by atoms with Crippen molar-refractivity contribution in [2.75, 3.05) is 0 Å². The smallest absolute Gasteiger partial charge is 0.130 e. The summed E-state index contributed by atoms with van der Waals surface area (Å²) in [7, 11) is 0. The third kappa shape index (κ3) is 2.20. The van der Waals surface area contributed by atoms with Crippen LogP contribution in [0.2, 0.25) is 0 Å². The summed E-state index contributed by atoms with van der Waals surface area (Å²) in [4.78, 5) is 0. The molecule has 2 aliphatic rings. The Morgan fingerprint density at radius 1 is 0.778 bits per heavy atom. The normalized spacial score (nSPS) is 16.0. The fourth-order valence-electron chi connectivity index (χ4n) is 3.43. The zero-order valence-corrected chi connectivity index (χ0v) is 12.0. The highest BCUT2D eigenvalue weighted by Crippen LogP contribution is 2.37. The van der Waals surface area contributed by atoms with Gasteiger partial charge in [-0.25, -0.2) is 4.39 Å². The molecule has 2 aliphatic carbocycles. The second kappa shape index (κ2) is 5.86.